The maximum Gasteiger partial charge on any atom is 0.346 e. The molecule has 0 bridgehead atoms. The van der Waals surface area contributed by atoms with E-state index in [1.54, 1.807) is 21.6 Å². The molecular weight excluding hydrogens is 773 g/mol. The molecule has 0 saturated carbocycles. The summed E-state index contributed by atoms with van der Waals surface area (Å²) in [5.74, 6) is -0.489. The number of rotatable bonds is 25. The number of benzene rings is 2. The van der Waals surface area contributed by atoms with Crippen LogP contribution in [0.4, 0.5) is 0 Å². The molecule has 0 atom stereocenters. The van der Waals surface area contributed by atoms with Crippen molar-refractivity contribution >= 4 is 82.1 Å². The molecule has 0 aliphatic heterocycles. The van der Waals surface area contributed by atoms with Crippen molar-refractivity contribution in [3.05, 3.63) is 131 Å². The summed E-state index contributed by atoms with van der Waals surface area (Å²) in [6.07, 6.45) is 16.2. The number of amides is 2. The summed E-state index contributed by atoms with van der Waals surface area (Å²) < 4.78 is 4.25. The second kappa shape index (κ2) is 26.1. The maximum atomic E-state index is 12.4. The Bertz CT molecular complexity index is 1910. The zero-order valence-corrected chi connectivity index (χ0v) is 34.0. The van der Waals surface area contributed by atoms with Crippen LogP contribution < -0.4 is 19.8 Å². The van der Waals surface area contributed by atoms with Gasteiger partial charge in [-0.05, 0) is 46.5 Å². The van der Waals surface area contributed by atoms with Gasteiger partial charge in [0.25, 0.3) is 0 Å². The molecule has 4 N–H and O–H groups in total. The molecule has 0 saturated heterocycles. The Hall–Kier alpha value is -5.86. The monoisotopic (exact) mass is 822 g/mol. The van der Waals surface area contributed by atoms with E-state index in [0.717, 1.165) is 57.6 Å². The first kappa shape index (κ1) is 44.8. The number of aliphatic imine (C=N–C) groups is 2. The number of aromatic nitrogens is 2. The first-order chi connectivity index (χ1) is 28.2. The molecule has 302 valence electrons. The van der Waals surface area contributed by atoms with Crippen molar-refractivity contribution in [2.45, 2.75) is 51.9 Å². The number of hydrogen-bond donors (Lipinski definition) is 4. The lowest BCUT2D eigenvalue weighted by Crippen LogP contribution is -2.37. The zero-order chi connectivity index (χ0) is 41.2. The minimum Gasteiger partial charge on any atom is -0.477 e. The van der Waals surface area contributed by atoms with Crippen molar-refractivity contribution in [3.63, 3.8) is 0 Å². The van der Waals surface area contributed by atoms with E-state index in [1.807, 2.05) is 122 Å². The number of carbonyl (C=O) groups is 4. The number of aryl methyl sites for hydroxylation is 2. The van der Waals surface area contributed by atoms with E-state index in [1.165, 1.54) is 0 Å². The van der Waals surface area contributed by atoms with Gasteiger partial charge in [0.2, 0.25) is 23.2 Å². The van der Waals surface area contributed by atoms with Crippen LogP contribution in [0.5, 0.6) is 0 Å². The summed E-state index contributed by atoms with van der Waals surface area (Å²) in [4.78, 5) is 53.9. The molecule has 0 unspecified atom stereocenters. The lowest BCUT2D eigenvalue weighted by atomic mass is 10.1. The molecule has 0 aliphatic rings. The predicted molar refractivity (Wildman–Crippen MR) is 233 cm³/mol. The van der Waals surface area contributed by atoms with Gasteiger partial charge >= 0.3 is 11.9 Å². The highest BCUT2D eigenvalue weighted by molar-refractivity contribution is 8.76. The van der Waals surface area contributed by atoms with Gasteiger partial charge in [0.05, 0.1) is 13.1 Å². The van der Waals surface area contributed by atoms with E-state index in [9.17, 15) is 19.2 Å². The first-order valence-corrected chi connectivity index (χ1v) is 21.5. The number of hydrogen-bond acceptors (Lipinski definition) is 8. The van der Waals surface area contributed by atoms with Gasteiger partial charge in [0.15, 0.2) is 12.4 Å². The molecule has 4 rings (SSSR count). The quantitative estimate of drug-likeness (QED) is 0.0283. The van der Waals surface area contributed by atoms with Crippen molar-refractivity contribution in [3.8, 4) is 0 Å². The maximum absolute atomic E-state index is 12.4. The van der Waals surface area contributed by atoms with Crippen LogP contribution in [0, 0.1) is 0 Å². The number of carboxylic acids is 2. The van der Waals surface area contributed by atoms with Gasteiger partial charge in [0.1, 0.15) is 25.5 Å². The van der Waals surface area contributed by atoms with Gasteiger partial charge in [-0.25, -0.2) is 9.59 Å². The molecule has 2 aromatic heterocycles. The normalized spacial score (nSPS) is 11.5. The standard InChI is InChI=1S/C44H48N6O6S2/c51-41(9-5-27-49-25-3-1-7-39(49)21-19-35-11-15-37(16-12-35)31-45-33-43(53)54)47-23-29-57-58-30-24-48-42(52)10-6-28-50-26-4-2-8-40(50)22-20-36-13-17-38(18-14-36)32-46-34-44(55)56/h1-4,7-8,11-22,25-26,33-34H,5-6,9-10,23-24,27-32H2,(H2-2,47,48,51,52,53,54,55,56)/p+2. The summed E-state index contributed by atoms with van der Waals surface area (Å²) in [5, 5.41) is 23.4. The molecule has 0 spiro atoms. The first-order valence-electron chi connectivity index (χ1n) is 19.0. The van der Waals surface area contributed by atoms with Crippen molar-refractivity contribution in [2.24, 2.45) is 9.98 Å². The second-order valence-electron chi connectivity index (χ2n) is 13.0. The molecule has 14 heteroatoms. The number of nitrogens with zero attached hydrogens (tertiary/aromatic N) is 4. The Morgan fingerprint density at radius 1 is 0.569 bits per heavy atom. The number of carbonyl (C=O) groups excluding carboxylic acids is 2. The lowest BCUT2D eigenvalue weighted by molar-refractivity contribution is -0.699. The van der Waals surface area contributed by atoms with Crippen LogP contribution in [-0.4, -0.2) is 71.0 Å². The van der Waals surface area contributed by atoms with Crippen LogP contribution >= 0.6 is 21.6 Å². The fourth-order valence-electron chi connectivity index (χ4n) is 5.56. The van der Waals surface area contributed by atoms with Crippen LogP contribution in [0.2, 0.25) is 0 Å². The fourth-order valence-corrected chi connectivity index (χ4v) is 7.37. The van der Waals surface area contributed by atoms with Crippen LogP contribution in [-0.2, 0) is 45.4 Å². The number of aliphatic carboxylic acids is 2. The smallest absolute Gasteiger partial charge is 0.346 e. The highest BCUT2D eigenvalue weighted by Gasteiger charge is 2.10. The third-order valence-electron chi connectivity index (χ3n) is 8.46. The summed E-state index contributed by atoms with van der Waals surface area (Å²) in [6.45, 7) is 3.24. The largest absolute Gasteiger partial charge is 0.477 e. The SMILES string of the molecule is O=C(O)C=NCc1ccc(C=Cc2cccc[n+]2CCCC(=O)NCCSSCCNC(=O)CCC[n+]2ccccc2C=Cc2ccc(CN=CC(=O)O)cc2)cc1. The summed E-state index contributed by atoms with van der Waals surface area (Å²) in [6, 6.07) is 27.6. The summed E-state index contributed by atoms with van der Waals surface area (Å²) in [5.41, 5.74) is 5.94. The van der Waals surface area contributed by atoms with Crippen molar-refractivity contribution < 1.29 is 38.5 Å². The van der Waals surface area contributed by atoms with Crippen LogP contribution in [0.3, 0.4) is 0 Å². The molecule has 4 aromatic rings. The van der Waals surface area contributed by atoms with E-state index >= 15 is 0 Å². The van der Waals surface area contributed by atoms with Gasteiger partial charge < -0.3 is 20.8 Å². The fraction of sp³-hybridized carbons (Fsp3) is 0.273. The molecule has 2 heterocycles. The van der Waals surface area contributed by atoms with E-state index in [4.69, 9.17) is 10.2 Å². The van der Waals surface area contributed by atoms with Gasteiger partial charge in [0, 0.05) is 86.7 Å². The third-order valence-corrected chi connectivity index (χ3v) is 10.9. The average molecular weight is 823 g/mol. The van der Waals surface area contributed by atoms with E-state index in [2.05, 4.69) is 29.8 Å². The lowest BCUT2D eigenvalue weighted by Gasteiger charge is -2.06. The molecule has 2 amide bonds. The Labute approximate surface area is 347 Å². The van der Waals surface area contributed by atoms with Crippen molar-refractivity contribution in [2.75, 3.05) is 24.6 Å². The van der Waals surface area contributed by atoms with Crippen molar-refractivity contribution in [1.29, 1.82) is 0 Å². The van der Waals surface area contributed by atoms with Gasteiger partial charge in [-0.3, -0.25) is 19.6 Å². The average Bonchev–Trinajstić information content (AvgIpc) is 3.22. The Morgan fingerprint density at radius 2 is 0.983 bits per heavy atom. The van der Waals surface area contributed by atoms with Crippen molar-refractivity contribution in [1.82, 2.24) is 10.6 Å². The number of nitrogens with one attached hydrogen (secondary N) is 2. The van der Waals surface area contributed by atoms with Gasteiger partial charge in [-0.2, -0.15) is 9.13 Å². The molecule has 0 aliphatic carbocycles. The third kappa shape index (κ3) is 18.4. The number of carboxylic acid groups (broad SMARTS) is 2. The molecule has 12 nitrogen and oxygen atoms in total. The second-order valence-corrected chi connectivity index (χ2v) is 15.7. The summed E-state index contributed by atoms with van der Waals surface area (Å²) in [7, 11) is 3.36. The van der Waals surface area contributed by atoms with E-state index in [0.29, 0.717) is 65.0 Å². The highest BCUT2D eigenvalue weighted by atomic mass is 33.1. The number of pyridine rings is 2. The Kier molecular flexibility index (Phi) is 20.2. The van der Waals surface area contributed by atoms with E-state index in [-0.39, 0.29) is 11.8 Å². The van der Waals surface area contributed by atoms with E-state index < -0.39 is 11.9 Å². The Balaban J connectivity index is 1.03. The van der Waals surface area contributed by atoms with Crippen LogP contribution in [0.1, 0.15) is 59.3 Å². The Morgan fingerprint density at radius 3 is 1.38 bits per heavy atom. The summed E-state index contributed by atoms with van der Waals surface area (Å²) >= 11 is 0. The zero-order valence-electron chi connectivity index (χ0n) is 32.3. The minimum absolute atomic E-state index is 0.0321. The van der Waals surface area contributed by atoms with Gasteiger partial charge in [-0.1, -0.05) is 70.1 Å². The highest BCUT2D eigenvalue weighted by Crippen LogP contribution is 2.19. The van der Waals surface area contributed by atoms with Crippen LogP contribution in [0.15, 0.2) is 107 Å². The molecular formula is C44H50N6O6S2+2. The van der Waals surface area contributed by atoms with Crippen LogP contribution in [0.25, 0.3) is 24.3 Å². The topological polar surface area (TPSA) is 165 Å². The van der Waals surface area contributed by atoms with Gasteiger partial charge in [-0.15, -0.1) is 0 Å². The molecule has 2 aromatic carbocycles. The molecule has 0 fully saturated rings. The molecule has 58 heavy (non-hydrogen) atoms. The minimum atomic E-state index is -1.06. The molecule has 0 radical (unpaired) electrons. The predicted octanol–water partition coefficient (Wildman–Crippen LogP) is 5.79.